The minimum absolute atomic E-state index is 0.0306. The van der Waals surface area contributed by atoms with Gasteiger partial charge in [0.15, 0.2) is 0 Å². The first-order valence-electron chi connectivity index (χ1n) is 6.70. The maximum atomic E-state index is 13.8. The average molecular weight is 301 g/mol. The number of rotatable bonds is 4. The van der Waals surface area contributed by atoms with Crippen LogP contribution in [0.1, 0.15) is 24.8 Å². The van der Waals surface area contributed by atoms with Gasteiger partial charge < -0.3 is 5.73 Å². The van der Waals surface area contributed by atoms with Gasteiger partial charge in [-0.1, -0.05) is 12.5 Å². The van der Waals surface area contributed by atoms with Crippen molar-refractivity contribution in [3.63, 3.8) is 0 Å². The number of anilines is 1. The fourth-order valence-electron chi connectivity index (χ4n) is 2.43. The number of hydrogen-bond acceptors (Lipinski definition) is 3. The lowest BCUT2D eigenvalue weighted by Crippen LogP contribution is -2.49. The van der Waals surface area contributed by atoms with Gasteiger partial charge in [0.1, 0.15) is 5.82 Å². The van der Waals surface area contributed by atoms with Crippen LogP contribution in [-0.4, -0.2) is 31.9 Å². The van der Waals surface area contributed by atoms with Crippen molar-refractivity contribution in [2.45, 2.75) is 32.2 Å². The summed E-state index contributed by atoms with van der Waals surface area (Å²) >= 11 is 0. The molecule has 20 heavy (non-hydrogen) atoms. The molecular weight excluding hydrogens is 281 g/mol. The third-order valence-electron chi connectivity index (χ3n) is 3.52. The zero-order chi connectivity index (χ0) is 14.8. The van der Waals surface area contributed by atoms with E-state index in [0.29, 0.717) is 6.54 Å². The van der Waals surface area contributed by atoms with E-state index in [1.807, 2.05) is 0 Å². The van der Waals surface area contributed by atoms with Gasteiger partial charge in [0.05, 0.1) is 5.69 Å². The van der Waals surface area contributed by atoms with Crippen LogP contribution in [0.15, 0.2) is 18.2 Å². The largest absolute Gasteiger partial charge is 0.329 e. The molecule has 1 aromatic rings. The molecule has 1 fully saturated rings. The predicted octanol–water partition coefficient (Wildman–Crippen LogP) is 1.60. The Balaban J connectivity index is 2.21. The van der Waals surface area contributed by atoms with Crippen molar-refractivity contribution in [3.8, 4) is 0 Å². The number of piperidine rings is 1. The molecule has 0 aromatic heterocycles. The second-order valence-corrected chi connectivity index (χ2v) is 6.71. The summed E-state index contributed by atoms with van der Waals surface area (Å²) in [6, 6.07) is 4.19. The van der Waals surface area contributed by atoms with Gasteiger partial charge in [-0.05, 0) is 37.5 Å². The predicted molar refractivity (Wildman–Crippen MR) is 77.1 cm³/mol. The summed E-state index contributed by atoms with van der Waals surface area (Å²) in [5.41, 5.74) is 6.33. The van der Waals surface area contributed by atoms with Crippen LogP contribution in [0.4, 0.5) is 10.1 Å². The van der Waals surface area contributed by atoms with E-state index in [-0.39, 0.29) is 18.3 Å². The van der Waals surface area contributed by atoms with Crippen LogP contribution in [0.3, 0.4) is 0 Å². The molecule has 1 aliphatic rings. The SMILES string of the molecule is Cc1ccc(NS(=O)(=O)N2CCCCC2CN)c(F)c1. The molecule has 1 heterocycles. The molecule has 5 nitrogen and oxygen atoms in total. The molecule has 3 N–H and O–H groups in total. The third-order valence-corrected chi connectivity index (χ3v) is 5.09. The Kier molecular flexibility index (Phi) is 4.62. The van der Waals surface area contributed by atoms with Gasteiger partial charge in [0.2, 0.25) is 0 Å². The highest BCUT2D eigenvalue weighted by atomic mass is 32.2. The molecule has 1 saturated heterocycles. The quantitative estimate of drug-likeness (QED) is 0.887. The second kappa shape index (κ2) is 6.07. The molecule has 0 bridgehead atoms. The summed E-state index contributed by atoms with van der Waals surface area (Å²) in [6.45, 7) is 2.44. The molecule has 0 spiro atoms. The molecule has 1 atom stereocenters. The summed E-state index contributed by atoms with van der Waals surface area (Å²) in [5.74, 6) is -0.574. The highest BCUT2D eigenvalue weighted by Gasteiger charge is 2.31. The Morgan fingerprint density at radius 3 is 2.85 bits per heavy atom. The van der Waals surface area contributed by atoms with Crippen molar-refractivity contribution in [2.75, 3.05) is 17.8 Å². The molecular formula is C13H20FN3O2S. The normalized spacial score (nSPS) is 20.9. The molecule has 1 unspecified atom stereocenters. The molecule has 112 valence electrons. The molecule has 0 saturated carbocycles. The Hall–Kier alpha value is -1.18. The maximum absolute atomic E-state index is 13.8. The van der Waals surface area contributed by atoms with Crippen molar-refractivity contribution < 1.29 is 12.8 Å². The first-order valence-corrected chi connectivity index (χ1v) is 8.14. The lowest BCUT2D eigenvalue weighted by molar-refractivity contribution is 0.259. The standard InChI is InChI=1S/C13H20FN3O2S/c1-10-5-6-13(12(14)8-10)16-20(18,19)17-7-3-2-4-11(17)9-15/h5-6,8,11,16H,2-4,7,9,15H2,1H3. The van der Waals surface area contributed by atoms with Crippen molar-refractivity contribution in [1.82, 2.24) is 4.31 Å². The number of nitrogens with zero attached hydrogens (tertiary/aromatic N) is 1. The second-order valence-electron chi connectivity index (χ2n) is 5.09. The van der Waals surface area contributed by atoms with Gasteiger partial charge in [-0.25, -0.2) is 4.39 Å². The fourth-order valence-corrected chi connectivity index (χ4v) is 3.94. The highest BCUT2D eigenvalue weighted by molar-refractivity contribution is 7.90. The van der Waals surface area contributed by atoms with Crippen LogP contribution < -0.4 is 10.5 Å². The zero-order valence-electron chi connectivity index (χ0n) is 11.5. The third kappa shape index (κ3) is 3.28. The zero-order valence-corrected chi connectivity index (χ0v) is 12.3. The van der Waals surface area contributed by atoms with Crippen LogP contribution in [-0.2, 0) is 10.2 Å². The summed E-state index contributed by atoms with van der Waals surface area (Å²) < 4.78 is 42.1. The molecule has 1 aliphatic heterocycles. The molecule has 0 amide bonds. The Bertz CT molecular complexity index is 577. The van der Waals surface area contributed by atoms with E-state index in [4.69, 9.17) is 5.73 Å². The van der Waals surface area contributed by atoms with Crippen molar-refractivity contribution in [3.05, 3.63) is 29.6 Å². The average Bonchev–Trinajstić information content (AvgIpc) is 2.42. The summed E-state index contributed by atoms with van der Waals surface area (Å²) in [5, 5.41) is 0. The lowest BCUT2D eigenvalue weighted by atomic mass is 10.1. The summed E-state index contributed by atoms with van der Waals surface area (Å²) in [6.07, 6.45) is 2.51. The van der Waals surface area contributed by atoms with E-state index in [1.165, 1.54) is 16.4 Å². The molecule has 7 heteroatoms. The van der Waals surface area contributed by atoms with Gasteiger partial charge in [-0.3, -0.25) is 4.72 Å². The lowest BCUT2D eigenvalue weighted by Gasteiger charge is -2.33. The van der Waals surface area contributed by atoms with E-state index in [1.54, 1.807) is 13.0 Å². The van der Waals surface area contributed by atoms with E-state index >= 15 is 0 Å². The topological polar surface area (TPSA) is 75.4 Å². The number of aryl methyl sites for hydroxylation is 1. The van der Waals surface area contributed by atoms with Crippen molar-refractivity contribution in [2.24, 2.45) is 5.73 Å². The first-order chi connectivity index (χ1) is 9.44. The minimum atomic E-state index is -3.77. The van der Waals surface area contributed by atoms with Gasteiger partial charge >= 0.3 is 10.2 Å². The fraction of sp³-hybridized carbons (Fsp3) is 0.538. The summed E-state index contributed by atoms with van der Waals surface area (Å²) in [7, 11) is -3.77. The van der Waals surface area contributed by atoms with Gasteiger partial charge in [-0.2, -0.15) is 12.7 Å². The van der Waals surface area contributed by atoms with E-state index in [0.717, 1.165) is 24.8 Å². The van der Waals surface area contributed by atoms with Crippen LogP contribution in [0, 0.1) is 12.7 Å². The van der Waals surface area contributed by atoms with E-state index < -0.39 is 16.0 Å². The Morgan fingerprint density at radius 1 is 1.45 bits per heavy atom. The number of hydrogen-bond donors (Lipinski definition) is 2. The van der Waals surface area contributed by atoms with Crippen LogP contribution in [0.5, 0.6) is 0 Å². The van der Waals surface area contributed by atoms with E-state index in [9.17, 15) is 12.8 Å². The first kappa shape index (κ1) is 15.2. The smallest absolute Gasteiger partial charge is 0.302 e. The minimum Gasteiger partial charge on any atom is -0.329 e. The molecule has 2 rings (SSSR count). The van der Waals surface area contributed by atoms with Crippen LogP contribution in [0.25, 0.3) is 0 Å². The number of benzene rings is 1. The Labute approximate surface area is 119 Å². The Morgan fingerprint density at radius 2 is 2.20 bits per heavy atom. The van der Waals surface area contributed by atoms with Crippen molar-refractivity contribution in [1.29, 1.82) is 0 Å². The van der Waals surface area contributed by atoms with Gasteiger partial charge in [0, 0.05) is 19.1 Å². The molecule has 0 radical (unpaired) electrons. The maximum Gasteiger partial charge on any atom is 0.302 e. The molecule has 1 aromatic carbocycles. The van der Waals surface area contributed by atoms with Gasteiger partial charge in [0.25, 0.3) is 0 Å². The van der Waals surface area contributed by atoms with E-state index in [2.05, 4.69) is 4.72 Å². The monoisotopic (exact) mass is 301 g/mol. The van der Waals surface area contributed by atoms with Crippen LogP contribution in [0.2, 0.25) is 0 Å². The summed E-state index contributed by atoms with van der Waals surface area (Å²) in [4.78, 5) is 0. The molecule has 0 aliphatic carbocycles. The number of nitrogens with one attached hydrogen (secondary N) is 1. The van der Waals surface area contributed by atoms with Crippen LogP contribution >= 0.6 is 0 Å². The van der Waals surface area contributed by atoms with Gasteiger partial charge in [-0.15, -0.1) is 0 Å². The highest BCUT2D eigenvalue weighted by Crippen LogP contribution is 2.23. The van der Waals surface area contributed by atoms with Crippen molar-refractivity contribution >= 4 is 15.9 Å². The number of halogens is 1. The number of nitrogens with two attached hydrogens (primary N) is 1.